The third-order valence-corrected chi connectivity index (χ3v) is 11.4. The van der Waals surface area contributed by atoms with E-state index in [1.54, 1.807) is 0 Å². The predicted octanol–water partition coefficient (Wildman–Crippen LogP) is 11.8. The van der Waals surface area contributed by atoms with E-state index in [-0.39, 0.29) is 12.5 Å². The van der Waals surface area contributed by atoms with Gasteiger partial charge in [0.2, 0.25) is 5.91 Å². The predicted molar refractivity (Wildman–Crippen MR) is 271 cm³/mol. The SMILES string of the molecule is CC/C=C\C/C=C\C/C=C\C/C=C\C/C=C\C/C=C\C/C=C\C/C=C\C/C=C\CCCCCC(=O)NC(COC1OC(CO)C(O)C(O)C1O)C(O)CCCCCCCCCCCCC. The van der Waals surface area contributed by atoms with Crippen molar-refractivity contribution in [1.29, 1.82) is 0 Å². The lowest BCUT2D eigenvalue weighted by molar-refractivity contribution is -0.302. The molecule has 0 radical (unpaired) electrons. The number of unbranched alkanes of at least 4 members (excludes halogenated alkanes) is 13. The zero-order valence-electron chi connectivity index (χ0n) is 40.7. The summed E-state index contributed by atoms with van der Waals surface area (Å²) in [6, 6.07) is -0.743. The van der Waals surface area contributed by atoms with Gasteiger partial charge in [0, 0.05) is 6.42 Å². The lowest BCUT2D eigenvalue weighted by atomic mass is 9.99. The van der Waals surface area contributed by atoms with Gasteiger partial charge in [0.05, 0.1) is 25.4 Å². The molecular formula is C56H93NO8. The van der Waals surface area contributed by atoms with Gasteiger partial charge in [-0.1, -0.05) is 200 Å². The molecule has 1 heterocycles. The first-order valence-electron chi connectivity index (χ1n) is 25.6. The Morgan fingerprint density at radius 1 is 0.538 bits per heavy atom. The number of carbonyl (C=O) groups is 1. The van der Waals surface area contributed by atoms with Crippen LogP contribution in [0.1, 0.15) is 181 Å². The Morgan fingerprint density at radius 3 is 1.40 bits per heavy atom. The Kier molecular flexibility index (Phi) is 41.1. The lowest BCUT2D eigenvalue weighted by Crippen LogP contribution is -2.60. The molecule has 0 aromatic rings. The molecule has 0 aromatic carbocycles. The second kappa shape index (κ2) is 44.7. The van der Waals surface area contributed by atoms with Crippen LogP contribution in [0.5, 0.6) is 0 Å². The Labute approximate surface area is 396 Å². The van der Waals surface area contributed by atoms with E-state index in [1.807, 2.05) is 0 Å². The topological polar surface area (TPSA) is 149 Å². The first-order valence-corrected chi connectivity index (χ1v) is 25.6. The summed E-state index contributed by atoms with van der Waals surface area (Å²) in [5, 5.41) is 54.3. The molecule has 1 amide bonds. The van der Waals surface area contributed by atoms with Crippen LogP contribution in [0.2, 0.25) is 0 Å². The standard InChI is InChI=1S/C56H93NO8/c1-3-5-7-9-11-13-15-16-17-18-19-20-21-22-23-24-25-26-27-28-29-30-31-32-33-34-36-38-40-42-44-46-52(60)57-49(48-64-56-55(63)54(62)53(61)51(47-58)65-56)50(59)45-43-41-39-37-35-14-12-10-8-6-4-2/h5,7,11,13,16-17,19-20,22-23,25-26,28-29,31-32,34,36,49-51,53-56,58-59,61-63H,3-4,6,8-10,12,14-15,18,21,24,27,30,33,35,37-48H2,1-2H3,(H,57,60)/b7-5-,13-11-,17-16-,20-19-,23-22-,26-25-,29-28-,32-31-,36-34-. The van der Waals surface area contributed by atoms with Gasteiger partial charge in [0.25, 0.3) is 0 Å². The van der Waals surface area contributed by atoms with Crippen molar-refractivity contribution in [3.05, 3.63) is 109 Å². The Balaban J connectivity index is 2.26. The Morgan fingerprint density at radius 2 is 0.954 bits per heavy atom. The van der Waals surface area contributed by atoms with Gasteiger partial charge >= 0.3 is 0 Å². The number of ether oxygens (including phenoxy) is 2. The van der Waals surface area contributed by atoms with Crippen molar-refractivity contribution in [3.63, 3.8) is 0 Å². The van der Waals surface area contributed by atoms with E-state index in [0.29, 0.717) is 12.8 Å². The highest BCUT2D eigenvalue weighted by atomic mass is 16.7. The molecule has 0 spiro atoms. The van der Waals surface area contributed by atoms with Crippen LogP contribution < -0.4 is 5.32 Å². The maximum atomic E-state index is 13.0. The van der Waals surface area contributed by atoms with E-state index in [9.17, 15) is 30.3 Å². The number of hydrogen-bond donors (Lipinski definition) is 6. The summed E-state index contributed by atoms with van der Waals surface area (Å²) < 4.78 is 11.2. The monoisotopic (exact) mass is 908 g/mol. The zero-order chi connectivity index (χ0) is 47.3. The summed E-state index contributed by atoms with van der Waals surface area (Å²) in [5.41, 5.74) is 0. The molecule has 1 rings (SSSR count). The van der Waals surface area contributed by atoms with Gasteiger partial charge in [-0.05, 0) is 83.5 Å². The zero-order valence-corrected chi connectivity index (χ0v) is 40.7. The van der Waals surface area contributed by atoms with E-state index in [0.717, 1.165) is 103 Å². The molecular weight excluding hydrogens is 815 g/mol. The molecule has 65 heavy (non-hydrogen) atoms. The molecule has 370 valence electrons. The van der Waals surface area contributed by atoms with Gasteiger partial charge in [-0.2, -0.15) is 0 Å². The van der Waals surface area contributed by atoms with Crippen LogP contribution in [0.25, 0.3) is 0 Å². The van der Waals surface area contributed by atoms with Gasteiger partial charge in [0.1, 0.15) is 24.4 Å². The Hall–Kier alpha value is -3.15. The van der Waals surface area contributed by atoms with Gasteiger partial charge in [-0.25, -0.2) is 0 Å². The van der Waals surface area contributed by atoms with Gasteiger partial charge in [0.15, 0.2) is 6.29 Å². The smallest absolute Gasteiger partial charge is 0.220 e. The summed E-state index contributed by atoms with van der Waals surface area (Å²) >= 11 is 0. The average molecular weight is 908 g/mol. The van der Waals surface area contributed by atoms with Crippen molar-refractivity contribution in [2.45, 2.75) is 224 Å². The van der Waals surface area contributed by atoms with Crippen molar-refractivity contribution in [3.8, 4) is 0 Å². The first-order chi connectivity index (χ1) is 31.8. The molecule has 0 saturated carbocycles. The molecule has 0 aliphatic carbocycles. The van der Waals surface area contributed by atoms with Crippen molar-refractivity contribution in [2.75, 3.05) is 13.2 Å². The summed E-state index contributed by atoms with van der Waals surface area (Å²) in [7, 11) is 0. The molecule has 1 aliphatic rings. The van der Waals surface area contributed by atoms with Crippen molar-refractivity contribution in [2.24, 2.45) is 0 Å². The number of allylic oxidation sites excluding steroid dienone is 18. The van der Waals surface area contributed by atoms with Crippen LogP contribution in [0.3, 0.4) is 0 Å². The van der Waals surface area contributed by atoms with Gasteiger partial charge < -0.3 is 40.3 Å². The second-order valence-corrected chi connectivity index (χ2v) is 17.2. The molecule has 1 aliphatic heterocycles. The van der Waals surface area contributed by atoms with Crippen molar-refractivity contribution in [1.82, 2.24) is 5.32 Å². The number of nitrogens with one attached hydrogen (secondary N) is 1. The minimum Gasteiger partial charge on any atom is -0.394 e. The normalized spacial score (nSPS) is 20.9. The second-order valence-electron chi connectivity index (χ2n) is 17.2. The summed E-state index contributed by atoms with van der Waals surface area (Å²) in [6.07, 6.45) is 58.2. The fourth-order valence-electron chi connectivity index (χ4n) is 7.33. The van der Waals surface area contributed by atoms with Crippen LogP contribution in [0.15, 0.2) is 109 Å². The van der Waals surface area contributed by atoms with Crippen LogP contribution >= 0.6 is 0 Å². The largest absolute Gasteiger partial charge is 0.394 e. The molecule has 9 nitrogen and oxygen atoms in total. The minimum absolute atomic E-state index is 0.159. The number of rotatable bonds is 41. The molecule has 6 N–H and O–H groups in total. The fraction of sp³-hybridized carbons (Fsp3) is 0.661. The Bertz CT molecular complexity index is 1380. The molecule has 0 aromatic heterocycles. The van der Waals surface area contributed by atoms with Crippen LogP contribution in [0, 0.1) is 0 Å². The fourth-order valence-corrected chi connectivity index (χ4v) is 7.33. The average Bonchev–Trinajstić information content (AvgIpc) is 3.31. The highest BCUT2D eigenvalue weighted by Gasteiger charge is 2.44. The molecule has 7 atom stereocenters. The van der Waals surface area contributed by atoms with E-state index in [2.05, 4.69) is 129 Å². The summed E-state index contributed by atoms with van der Waals surface area (Å²) in [5.74, 6) is -0.183. The maximum Gasteiger partial charge on any atom is 0.220 e. The molecule has 1 fully saturated rings. The van der Waals surface area contributed by atoms with E-state index >= 15 is 0 Å². The van der Waals surface area contributed by atoms with Crippen molar-refractivity contribution >= 4 is 5.91 Å². The van der Waals surface area contributed by atoms with Crippen molar-refractivity contribution < 1.29 is 39.8 Å². The van der Waals surface area contributed by atoms with Crippen LogP contribution in [-0.4, -0.2) is 87.5 Å². The number of amides is 1. The molecule has 9 heteroatoms. The lowest BCUT2D eigenvalue weighted by Gasteiger charge is -2.40. The third kappa shape index (κ3) is 34.8. The quantitative estimate of drug-likeness (QED) is 0.0262. The van der Waals surface area contributed by atoms with E-state index in [1.165, 1.54) is 51.4 Å². The third-order valence-electron chi connectivity index (χ3n) is 11.4. The summed E-state index contributed by atoms with van der Waals surface area (Å²) in [4.78, 5) is 13.0. The number of hydrogen-bond acceptors (Lipinski definition) is 8. The number of aliphatic hydroxyl groups is 5. The summed E-state index contributed by atoms with van der Waals surface area (Å²) in [6.45, 7) is 3.67. The first kappa shape index (κ1) is 59.9. The number of carbonyl (C=O) groups excluding carboxylic acids is 1. The molecule has 1 saturated heterocycles. The van der Waals surface area contributed by atoms with E-state index < -0.39 is 49.5 Å². The van der Waals surface area contributed by atoms with Gasteiger partial charge in [-0.3, -0.25) is 4.79 Å². The van der Waals surface area contributed by atoms with E-state index in [4.69, 9.17) is 9.47 Å². The van der Waals surface area contributed by atoms with Crippen LogP contribution in [0.4, 0.5) is 0 Å². The van der Waals surface area contributed by atoms with Gasteiger partial charge in [-0.15, -0.1) is 0 Å². The minimum atomic E-state index is -1.57. The van der Waals surface area contributed by atoms with Crippen LogP contribution in [-0.2, 0) is 14.3 Å². The molecule has 7 unspecified atom stereocenters. The highest BCUT2D eigenvalue weighted by molar-refractivity contribution is 5.76. The molecule has 0 bridgehead atoms. The number of aliphatic hydroxyl groups excluding tert-OH is 5. The highest BCUT2D eigenvalue weighted by Crippen LogP contribution is 2.23. The maximum absolute atomic E-state index is 13.0.